The molecule has 4 N–H and O–H groups in total. The molecule has 0 fully saturated rings. The van der Waals surface area contributed by atoms with Gasteiger partial charge in [0.2, 0.25) is 0 Å². The lowest BCUT2D eigenvalue weighted by Crippen LogP contribution is -2.11. The van der Waals surface area contributed by atoms with Gasteiger partial charge >= 0.3 is 0 Å². The molecule has 0 bridgehead atoms. The minimum atomic E-state index is -0.498. The number of halogens is 1. The summed E-state index contributed by atoms with van der Waals surface area (Å²) in [6, 6.07) is 5.91. The van der Waals surface area contributed by atoms with Gasteiger partial charge in [-0.05, 0) is 25.1 Å². The minimum Gasteiger partial charge on any atom is -0.508 e. The summed E-state index contributed by atoms with van der Waals surface area (Å²) in [5.41, 5.74) is 6.59. The van der Waals surface area contributed by atoms with E-state index in [0.717, 1.165) is 0 Å². The van der Waals surface area contributed by atoms with Crippen LogP contribution in [0.15, 0.2) is 30.6 Å². The molecule has 0 amide bonds. The second kappa shape index (κ2) is 7.40. The molecule has 1 heterocycles. The van der Waals surface area contributed by atoms with Crippen LogP contribution < -0.4 is 20.5 Å². The lowest BCUT2D eigenvalue weighted by molar-refractivity contribution is 0.303. The summed E-state index contributed by atoms with van der Waals surface area (Å²) in [5.74, 6) is 0.863. The first-order valence-electron chi connectivity index (χ1n) is 7.96. The normalized spacial score (nSPS) is 10.8. The number of aromatic nitrogens is 2. The molecule has 0 radical (unpaired) electrons. The molecule has 0 spiro atoms. The van der Waals surface area contributed by atoms with E-state index in [1.165, 1.54) is 25.6 Å². The summed E-state index contributed by atoms with van der Waals surface area (Å²) < 4.78 is 25.1. The van der Waals surface area contributed by atoms with Crippen LogP contribution in [0.1, 0.15) is 5.56 Å². The number of benzene rings is 2. The zero-order valence-corrected chi connectivity index (χ0v) is 14.4. The summed E-state index contributed by atoms with van der Waals surface area (Å²) in [6.45, 7) is 2.32. The number of hydrogen-bond acceptors (Lipinski definition) is 7. The van der Waals surface area contributed by atoms with Crippen LogP contribution in [0.3, 0.4) is 0 Å². The molecule has 0 aliphatic heterocycles. The summed E-state index contributed by atoms with van der Waals surface area (Å²) in [5, 5.41) is 13.4. The van der Waals surface area contributed by atoms with E-state index in [2.05, 4.69) is 15.3 Å². The molecule has 0 unspecified atom stereocenters. The Morgan fingerprint density at radius 2 is 2.04 bits per heavy atom. The van der Waals surface area contributed by atoms with Crippen LogP contribution >= 0.6 is 0 Å². The van der Waals surface area contributed by atoms with Crippen LogP contribution in [0.4, 0.5) is 15.9 Å². The topological polar surface area (TPSA) is 103 Å². The highest BCUT2D eigenvalue weighted by molar-refractivity contribution is 5.93. The Balaban J connectivity index is 2.09. The molecular formula is C18H19FN4O3. The van der Waals surface area contributed by atoms with Gasteiger partial charge in [0.05, 0.1) is 18.3 Å². The van der Waals surface area contributed by atoms with Gasteiger partial charge in [-0.2, -0.15) is 0 Å². The molecular weight excluding hydrogens is 339 g/mol. The standard InChI is InChI=1S/C18H19FN4O3/c1-10-14(24)4-3-12(19)17(10)23-18-11-7-15(25-2)16(26-6-5-20)8-13(11)21-9-22-18/h3-4,7-9,24H,5-6,20H2,1-2H3,(H,21,22,23). The second-order valence-electron chi connectivity index (χ2n) is 5.57. The van der Waals surface area contributed by atoms with E-state index in [1.807, 2.05) is 0 Å². The first kappa shape index (κ1) is 17.7. The fourth-order valence-corrected chi connectivity index (χ4v) is 2.54. The molecule has 136 valence electrons. The third-order valence-electron chi connectivity index (χ3n) is 3.93. The van der Waals surface area contributed by atoms with Crippen molar-refractivity contribution in [2.24, 2.45) is 5.73 Å². The van der Waals surface area contributed by atoms with Crippen LogP contribution in [0.5, 0.6) is 17.2 Å². The van der Waals surface area contributed by atoms with Crippen molar-refractivity contribution in [2.45, 2.75) is 6.92 Å². The van der Waals surface area contributed by atoms with Gasteiger partial charge in [0, 0.05) is 23.6 Å². The number of fused-ring (bicyclic) bond motifs is 1. The van der Waals surface area contributed by atoms with Crippen molar-refractivity contribution in [2.75, 3.05) is 25.6 Å². The number of methoxy groups -OCH3 is 1. The monoisotopic (exact) mass is 358 g/mol. The first-order chi connectivity index (χ1) is 12.5. The van der Waals surface area contributed by atoms with Crippen molar-refractivity contribution in [1.82, 2.24) is 9.97 Å². The van der Waals surface area contributed by atoms with Crippen LogP contribution in [0, 0.1) is 12.7 Å². The molecule has 0 aliphatic rings. The Bertz CT molecular complexity index is 949. The van der Waals surface area contributed by atoms with Crippen LogP contribution in [-0.2, 0) is 0 Å². The van der Waals surface area contributed by atoms with E-state index in [1.54, 1.807) is 19.1 Å². The third-order valence-corrected chi connectivity index (χ3v) is 3.93. The van der Waals surface area contributed by atoms with Gasteiger partial charge in [-0.25, -0.2) is 14.4 Å². The lowest BCUT2D eigenvalue weighted by Gasteiger charge is -2.15. The van der Waals surface area contributed by atoms with Crippen molar-refractivity contribution in [1.29, 1.82) is 0 Å². The summed E-state index contributed by atoms with van der Waals surface area (Å²) >= 11 is 0. The van der Waals surface area contributed by atoms with Gasteiger partial charge < -0.3 is 25.6 Å². The predicted octanol–water partition coefficient (Wildman–Crippen LogP) is 2.87. The molecule has 8 heteroatoms. The van der Waals surface area contributed by atoms with E-state index < -0.39 is 5.82 Å². The third kappa shape index (κ3) is 3.31. The smallest absolute Gasteiger partial charge is 0.163 e. The fraction of sp³-hybridized carbons (Fsp3) is 0.222. The molecule has 0 saturated carbocycles. The Kier molecular flexibility index (Phi) is 5.04. The number of phenols is 1. The average molecular weight is 358 g/mol. The van der Waals surface area contributed by atoms with Crippen molar-refractivity contribution < 1.29 is 19.0 Å². The van der Waals surface area contributed by atoms with Crippen molar-refractivity contribution in [3.8, 4) is 17.2 Å². The number of aromatic hydroxyl groups is 1. The number of nitrogens with zero attached hydrogens (tertiary/aromatic N) is 2. The molecule has 2 aromatic carbocycles. The van der Waals surface area contributed by atoms with E-state index in [9.17, 15) is 9.50 Å². The Morgan fingerprint density at radius 3 is 2.77 bits per heavy atom. The number of phenolic OH excluding ortho intramolecular Hbond substituents is 1. The maximum atomic E-state index is 14.2. The average Bonchev–Trinajstić information content (AvgIpc) is 2.65. The fourth-order valence-electron chi connectivity index (χ4n) is 2.54. The predicted molar refractivity (Wildman–Crippen MR) is 96.7 cm³/mol. The maximum Gasteiger partial charge on any atom is 0.163 e. The molecule has 3 aromatic rings. The van der Waals surface area contributed by atoms with E-state index in [4.69, 9.17) is 15.2 Å². The second-order valence-corrected chi connectivity index (χ2v) is 5.57. The number of rotatable bonds is 6. The van der Waals surface area contributed by atoms with Crippen LogP contribution in [-0.4, -0.2) is 35.3 Å². The van der Waals surface area contributed by atoms with Crippen LogP contribution in [0.2, 0.25) is 0 Å². The highest BCUT2D eigenvalue weighted by atomic mass is 19.1. The van der Waals surface area contributed by atoms with Gasteiger partial charge in [-0.15, -0.1) is 0 Å². The molecule has 3 rings (SSSR count). The molecule has 26 heavy (non-hydrogen) atoms. The molecule has 7 nitrogen and oxygen atoms in total. The quantitative estimate of drug-likeness (QED) is 0.622. The van der Waals surface area contributed by atoms with Gasteiger partial charge in [-0.1, -0.05) is 0 Å². The molecule has 0 saturated heterocycles. The maximum absolute atomic E-state index is 14.2. The van der Waals surface area contributed by atoms with Crippen molar-refractivity contribution in [3.05, 3.63) is 42.0 Å². The minimum absolute atomic E-state index is 0.0117. The summed E-state index contributed by atoms with van der Waals surface area (Å²) in [6.07, 6.45) is 1.36. The SMILES string of the molecule is COc1cc2c(Nc3c(F)ccc(O)c3C)ncnc2cc1OCCN. The van der Waals surface area contributed by atoms with Crippen LogP contribution in [0.25, 0.3) is 10.9 Å². The Morgan fingerprint density at radius 1 is 1.23 bits per heavy atom. The first-order valence-corrected chi connectivity index (χ1v) is 7.96. The summed E-state index contributed by atoms with van der Waals surface area (Å²) in [4.78, 5) is 8.42. The Labute approximate surface area is 149 Å². The Hall–Kier alpha value is -3.13. The van der Waals surface area contributed by atoms with Gasteiger partial charge in [-0.3, -0.25) is 0 Å². The summed E-state index contributed by atoms with van der Waals surface area (Å²) in [7, 11) is 1.52. The number of nitrogens with one attached hydrogen (secondary N) is 1. The van der Waals surface area contributed by atoms with E-state index in [0.29, 0.717) is 46.9 Å². The van der Waals surface area contributed by atoms with Gasteiger partial charge in [0.1, 0.15) is 30.3 Å². The van der Waals surface area contributed by atoms with Gasteiger partial charge in [0.25, 0.3) is 0 Å². The van der Waals surface area contributed by atoms with Crippen molar-refractivity contribution >= 4 is 22.4 Å². The van der Waals surface area contributed by atoms with E-state index >= 15 is 0 Å². The lowest BCUT2D eigenvalue weighted by atomic mass is 10.1. The largest absolute Gasteiger partial charge is 0.508 e. The number of hydrogen-bond donors (Lipinski definition) is 3. The number of ether oxygens (including phenoxy) is 2. The van der Waals surface area contributed by atoms with Crippen molar-refractivity contribution in [3.63, 3.8) is 0 Å². The number of nitrogens with two attached hydrogens (primary N) is 1. The van der Waals surface area contributed by atoms with Gasteiger partial charge in [0.15, 0.2) is 11.5 Å². The zero-order valence-electron chi connectivity index (χ0n) is 14.4. The highest BCUT2D eigenvalue weighted by Gasteiger charge is 2.15. The molecule has 1 aromatic heterocycles. The molecule has 0 aliphatic carbocycles. The number of anilines is 2. The zero-order chi connectivity index (χ0) is 18.7. The molecule has 0 atom stereocenters. The highest BCUT2D eigenvalue weighted by Crippen LogP contribution is 2.36. The van der Waals surface area contributed by atoms with E-state index in [-0.39, 0.29) is 11.4 Å².